The zero-order valence-electron chi connectivity index (χ0n) is 11.5. The number of aromatic nitrogens is 3. The second-order valence-electron chi connectivity index (χ2n) is 5.43. The molecule has 4 heteroatoms. The van der Waals surface area contributed by atoms with Gasteiger partial charge in [0.2, 0.25) is 0 Å². The second kappa shape index (κ2) is 5.99. The van der Waals surface area contributed by atoms with Crippen LogP contribution in [-0.4, -0.2) is 20.8 Å². The Hall–Kier alpha value is -1.97. The van der Waals surface area contributed by atoms with Crippen molar-refractivity contribution in [1.82, 2.24) is 15.0 Å². The normalized spacial score (nSPS) is 19.8. The molecule has 0 saturated heterocycles. The van der Waals surface area contributed by atoms with Crippen LogP contribution in [0.15, 0.2) is 36.5 Å². The Balaban J connectivity index is 1.74. The van der Waals surface area contributed by atoms with Gasteiger partial charge in [0.1, 0.15) is 6.04 Å². The molecule has 0 amide bonds. The first-order valence-corrected chi connectivity index (χ1v) is 7.30. The number of ketones is 1. The highest BCUT2D eigenvalue weighted by molar-refractivity contribution is 5.82. The van der Waals surface area contributed by atoms with Gasteiger partial charge in [0.25, 0.3) is 0 Å². The van der Waals surface area contributed by atoms with Crippen molar-refractivity contribution in [2.24, 2.45) is 0 Å². The van der Waals surface area contributed by atoms with Gasteiger partial charge in [-0.1, -0.05) is 48.4 Å². The van der Waals surface area contributed by atoms with E-state index < -0.39 is 0 Å². The van der Waals surface area contributed by atoms with Crippen molar-refractivity contribution < 1.29 is 4.79 Å². The van der Waals surface area contributed by atoms with Crippen LogP contribution in [-0.2, 0) is 11.2 Å². The summed E-state index contributed by atoms with van der Waals surface area (Å²) < 4.78 is 1.77. The van der Waals surface area contributed by atoms with Gasteiger partial charge in [-0.2, -0.15) is 0 Å². The molecule has 1 saturated carbocycles. The number of benzene rings is 1. The van der Waals surface area contributed by atoms with Crippen LogP contribution in [0.4, 0.5) is 0 Å². The molecule has 1 aliphatic rings. The third kappa shape index (κ3) is 2.95. The maximum atomic E-state index is 12.1. The summed E-state index contributed by atoms with van der Waals surface area (Å²) in [5.74, 6) is 0.304. The van der Waals surface area contributed by atoms with Gasteiger partial charge in [-0.25, -0.2) is 4.68 Å². The Labute approximate surface area is 118 Å². The van der Waals surface area contributed by atoms with E-state index in [1.54, 1.807) is 4.68 Å². The molecule has 0 spiro atoms. The van der Waals surface area contributed by atoms with Gasteiger partial charge in [0.05, 0.1) is 5.69 Å². The smallest absolute Gasteiger partial charge is 0.157 e. The van der Waals surface area contributed by atoms with Crippen molar-refractivity contribution in [2.75, 3.05) is 0 Å². The van der Waals surface area contributed by atoms with Crippen LogP contribution < -0.4 is 0 Å². The van der Waals surface area contributed by atoms with E-state index in [2.05, 4.69) is 22.4 Å². The number of rotatable bonds is 3. The highest BCUT2D eigenvalue weighted by Crippen LogP contribution is 2.23. The lowest BCUT2D eigenvalue weighted by atomic mass is 10.1. The molecule has 2 aromatic rings. The molecule has 20 heavy (non-hydrogen) atoms. The third-order valence-electron chi connectivity index (χ3n) is 3.88. The number of Topliss-reactive ketones (excluding diaryl/α,β-unsaturated/α-hetero) is 1. The Morgan fingerprint density at radius 3 is 2.85 bits per heavy atom. The first kappa shape index (κ1) is 13.0. The van der Waals surface area contributed by atoms with Gasteiger partial charge in [-0.05, 0) is 18.4 Å². The second-order valence-corrected chi connectivity index (χ2v) is 5.43. The molecule has 0 N–H and O–H groups in total. The van der Waals surface area contributed by atoms with Crippen molar-refractivity contribution in [3.8, 4) is 0 Å². The van der Waals surface area contributed by atoms with Crippen LogP contribution >= 0.6 is 0 Å². The number of carbonyl (C=O) groups is 1. The molecule has 0 radical (unpaired) electrons. The van der Waals surface area contributed by atoms with Crippen LogP contribution in [0, 0.1) is 0 Å². The first-order valence-electron chi connectivity index (χ1n) is 7.30. The summed E-state index contributed by atoms with van der Waals surface area (Å²) in [5.41, 5.74) is 2.14. The first-order chi connectivity index (χ1) is 9.83. The lowest BCUT2D eigenvalue weighted by Gasteiger charge is -2.11. The quantitative estimate of drug-likeness (QED) is 0.805. The lowest BCUT2D eigenvalue weighted by Crippen LogP contribution is -2.18. The van der Waals surface area contributed by atoms with Crippen molar-refractivity contribution in [1.29, 1.82) is 0 Å². The maximum absolute atomic E-state index is 12.1. The zero-order valence-corrected chi connectivity index (χ0v) is 11.5. The molecule has 104 valence electrons. The fourth-order valence-electron chi connectivity index (χ4n) is 2.77. The minimum absolute atomic E-state index is 0.102. The van der Waals surface area contributed by atoms with Crippen molar-refractivity contribution in [2.45, 2.75) is 44.6 Å². The number of hydrogen-bond acceptors (Lipinski definition) is 3. The Morgan fingerprint density at radius 1 is 1.15 bits per heavy atom. The van der Waals surface area contributed by atoms with Gasteiger partial charge in [-0.15, -0.1) is 5.10 Å². The molecule has 0 aliphatic heterocycles. The van der Waals surface area contributed by atoms with E-state index in [1.165, 1.54) is 5.56 Å². The third-order valence-corrected chi connectivity index (χ3v) is 3.88. The summed E-state index contributed by atoms with van der Waals surface area (Å²) in [6.45, 7) is 0. The highest BCUT2D eigenvalue weighted by Gasteiger charge is 2.23. The van der Waals surface area contributed by atoms with Gasteiger partial charge < -0.3 is 0 Å². The number of nitrogens with zero attached hydrogens (tertiary/aromatic N) is 3. The highest BCUT2D eigenvalue weighted by atomic mass is 16.1. The van der Waals surface area contributed by atoms with Crippen LogP contribution in [0.3, 0.4) is 0 Å². The van der Waals surface area contributed by atoms with E-state index in [4.69, 9.17) is 0 Å². The van der Waals surface area contributed by atoms with Crippen LogP contribution in [0.2, 0.25) is 0 Å². The SMILES string of the molecule is O=C1CCCCCC1n1cc(Cc2ccccc2)nn1. The summed E-state index contributed by atoms with van der Waals surface area (Å²) in [4.78, 5) is 12.1. The molecule has 1 heterocycles. The van der Waals surface area contributed by atoms with Gasteiger partial charge in [-0.3, -0.25) is 4.79 Å². The fraction of sp³-hybridized carbons (Fsp3) is 0.438. The molecule has 1 aliphatic carbocycles. The maximum Gasteiger partial charge on any atom is 0.157 e. The lowest BCUT2D eigenvalue weighted by molar-refractivity contribution is -0.122. The van der Waals surface area contributed by atoms with Gasteiger partial charge in [0.15, 0.2) is 5.78 Å². The van der Waals surface area contributed by atoms with Gasteiger partial charge >= 0.3 is 0 Å². The van der Waals surface area contributed by atoms with Crippen LogP contribution in [0.1, 0.15) is 49.4 Å². The van der Waals surface area contributed by atoms with E-state index in [1.807, 2.05) is 24.4 Å². The van der Waals surface area contributed by atoms with Crippen LogP contribution in [0.5, 0.6) is 0 Å². The topological polar surface area (TPSA) is 47.8 Å². The van der Waals surface area contributed by atoms with E-state index >= 15 is 0 Å². The van der Waals surface area contributed by atoms with Crippen molar-refractivity contribution in [3.05, 3.63) is 47.8 Å². The molecular weight excluding hydrogens is 250 g/mol. The molecule has 4 nitrogen and oxygen atoms in total. The molecule has 1 unspecified atom stereocenters. The molecular formula is C16H19N3O. The van der Waals surface area contributed by atoms with Gasteiger partial charge in [0, 0.05) is 19.0 Å². The number of hydrogen-bond donors (Lipinski definition) is 0. The zero-order chi connectivity index (χ0) is 13.8. The predicted molar refractivity (Wildman–Crippen MR) is 76.4 cm³/mol. The minimum Gasteiger partial charge on any atom is -0.297 e. The number of carbonyl (C=O) groups excluding carboxylic acids is 1. The Morgan fingerprint density at radius 2 is 2.00 bits per heavy atom. The monoisotopic (exact) mass is 269 g/mol. The molecule has 3 rings (SSSR count). The summed E-state index contributed by atoms with van der Waals surface area (Å²) in [6, 6.07) is 10.1. The molecule has 1 atom stereocenters. The predicted octanol–water partition coefficient (Wildman–Crippen LogP) is 2.94. The summed E-state index contributed by atoms with van der Waals surface area (Å²) in [7, 11) is 0. The average molecular weight is 269 g/mol. The van der Waals surface area contributed by atoms with Crippen LogP contribution in [0.25, 0.3) is 0 Å². The Bertz CT molecular complexity index is 576. The molecule has 0 bridgehead atoms. The van der Waals surface area contributed by atoms with E-state index in [-0.39, 0.29) is 6.04 Å². The van der Waals surface area contributed by atoms with Crippen molar-refractivity contribution in [3.63, 3.8) is 0 Å². The summed E-state index contributed by atoms with van der Waals surface area (Å²) in [5, 5.41) is 8.39. The minimum atomic E-state index is -0.102. The Kier molecular flexibility index (Phi) is 3.90. The van der Waals surface area contributed by atoms with Crippen molar-refractivity contribution >= 4 is 5.78 Å². The molecule has 1 aromatic heterocycles. The standard InChI is InChI=1S/C16H19N3O/c20-16-10-6-2-5-9-15(16)19-12-14(17-18-19)11-13-7-3-1-4-8-13/h1,3-4,7-8,12,15H,2,5-6,9-11H2. The fourth-order valence-corrected chi connectivity index (χ4v) is 2.77. The molecule has 1 fully saturated rings. The summed E-state index contributed by atoms with van der Waals surface area (Å²) >= 11 is 0. The van der Waals surface area contributed by atoms with E-state index in [9.17, 15) is 4.79 Å². The summed E-state index contributed by atoms with van der Waals surface area (Å²) in [6.07, 6.45) is 7.53. The molecule has 1 aromatic carbocycles. The van der Waals surface area contributed by atoms with E-state index in [0.717, 1.165) is 37.8 Å². The average Bonchev–Trinajstić information content (AvgIpc) is 2.81. The van der Waals surface area contributed by atoms with E-state index in [0.29, 0.717) is 12.2 Å². The largest absolute Gasteiger partial charge is 0.297 e.